The fourth-order valence-corrected chi connectivity index (χ4v) is 1.11. The van der Waals surface area contributed by atoms with Crippen molar-refractivity contribution in [3.05, 3.63) is 30.1 Å². The van der Waals surface area contributed by atoms with Crippen molar-refractivity contribution in [2.75, 3.05) is 7.11 Å². The zero-order valence-electron chi connectivity index (χ0n) is 8.38. The molecular weight excluding hydrogens is 196 g/mol. The fourth-order valence-electron chi connectivity index (χ4n) is 1.11. The largest absolute Gasteiger partial charge is 0.481 e. The van der Waals surface area contributed by atoms with Crippen LogP contribution in [-0.2, 0) is 9.63 Å². The minimum atomic E-state index is -0.859. The van der Waals surface area contributed by atoms with E-state index in [0.29, 0.717) is 12.1 Å². The van der Waals surface area contributed by atoms with Gasteiger partial charge in [0.05, 0.1) is 12.1 Å². The van der Waals surface area contributed by atoms with Crippen molar-refractivity contribution in [1.82, 2.24) is 4.98 Å². The number of hydrogen-bond donors (Lipinski definition) is 1. The second kappa shape index (κ2) is 5.74. The third-order valence-corrected chi connectivity index (χ3v) is 1.77. The molecule has 1 N–H and O–H groups in total. The number of nitrogens with zero attached hydrogens (tertiary/aromatic N) is 2. The van der Waals surface area contributed by atoms with E-state index in [1.165, 1.54) is 7.11 Å². The van der Waals surface area contributed by atoms with E-state index in [4.69, 9.17) is 5.11 Å². The summed E-state index contributed by atoms with van der Waals surface area (Å²) in [6.07, 6.45) is 3.62. The molecule has 0 bridgehead atoms. The molecule has 0 spiro atoms. The Morgan fingerprint density at radius 2 is 2.40 bits per heavy atom. The molecule has 1 aromatic rings. The molecule has 0 atom stereocenters. The normalized spacial score (nSPS) is 11.1. The Morgan fingerprint density at radius 1 is 1.60 bits per heavy atom. The molecular formula is C10H12N2O3. The first-order valence-electron chi connectivity index (χ1n) is 4.46. The average Bonchev–Trinajstić information content (AvgIpc) is 2.25. The lowest BCUT2D eigenvalue weighted by Crippen LogP contribution is -2.06. The summed E-state index contributed by atoms with van der Waals surface area (Å²) in [4.78, 5) is 19.0. The van der Waals surface area contributed by atoms with Crippen LogP contribution in [0.15, 0.2) is 29.7 Å². The topological polar surface area (TPSA) is 71.8 Å². The Labute approximate surface area is 87.4 Å². The number of hydrogen-bond acceptors (Lipinski definition) is 4. The van der Waals surface area contributed by atoms with Gasteiger partial charge in [0.1, 0.15) is 7.11 Å². The maximum absolute atomic E-state index is 10.4. The van der Waals surface area contributed by atoms with Crippen LogP contribution in [0.4, 0.5) is 0 Å². The summed E-state index contributed by atoms with van der Waals surface area (Å²) in [5.74, 6) is -0.859. The quantitative estimate of drug-likeness (QED) is 0.584. The van der Waals surface area contributed by atoms with Gasteiger partial charge in [0, 0.05) is 24.4 Å². The summed E-state index contributed by atoms with van der Waals surface area (Å²) in [6.45, 7) is 0. The molecule has 80 valence electrons. The van der Waals surface area contributed by atoms with Gasteiger partial charge in [-0.1, -0.05) is 5.16 Å². The molecule has 15 heavy (non-hydrogen) atoms. The van der Waals surface area contributed by atoms with Gasteiger partial charge in [0.2, 0.25) is 0 Å². The van der Waals surface area contributed by atoms with E-state index in [2.05, 4.69) is 15.0 Å². The van der Waals surface area contributed by atoms with E-state index in [1.807, 2.05) is 6.07 Å². The van der Waals surface area contributed by atoms with Gasteiger partial charge in [0.15, 0.2) is 0 Å². The van der Waals surface area contributed by atoms with Crippen LogP contribution in [0.5, 0.6) is 0 Å². The third-order valence-electron chi connectivity index (χ3n) is 1.77. The molecule has 0 saturated heterocycles. The lowest BCUT2D eigenvalue weighted by Gasteiger charge is -2.03. The van der Waals surface area contributed by atoms with Crippen LogP contribution in [0.3, 0.4) is 0 Å². The van der Waals surface area contributed by atoms with Gasteiger partial charge < -0.3 is 9.94 Å². The molecule has 0 fully saturated rings. The summed E-state index contributed by atoms with van der Waals surface area (Å²) < 4.78 is 0. The number of rotatable bonds is 5. The van der Waals surface area contributed by atoms with Crippen LogP contribution in [0, 0.1) is 0 Å². The van der Waals surface area contributed by atoms with Crippen LogP contribution < -0.4 is 0 Å². The predicted molar refractivity (Wildman–Crippen MR) is 54.7 cm³/mol. The number of carbonyl (C=O) groups is 1. The van der Waals surface area contributed by atoms with Gasteiger partial charge in [0.25, 0.3) is 0 Å². The molecule has 5 nitrogen and oxygen atoms in total. The number of carboxylic acid groups (broad SMARTS) is 1. The molecule has 5 heteroatoms. The zero-order chi connectivity index (χ0) is 11.1. The van der Waals surface area contributed by atoms with E-state index < -0.39 is 5.97 Å². The number of aliphatic carboxylic acids is 1. The smallest absolute Gasteiger partial charge is 0.303 e. The maximum Gasteiger partial charge on any atom is 0.303 e. The monoisotopic (exact) mass is 208 g/mol. The first-order chi connectivity index (χ1) is 7.24. The zero-order valence-corrected chi connectivity index (χ0v) is 8.38. The van der Waals surface area contributed by atoms with Crippen molar-refractivity contribution < 1.29 is 14.7 Å². The molecule has 0 unspecified atom stereocenters. The Balaban J connectivity index is 2.75. The highest BCUT2D eigenvalue weighted by atomic mass is 16.6. The second-order valence-corrected chi connectivity index (χ2v) is 2.86. The highest BCUT2D eigenvalue weighted by Gasteiger charge is 2.07. The third kappa shape index (κ3) is 3.76. The maximum atomic E-state index is 10.4. The molecule has 0 amide bonds. The van der Waals surface area contributed by atoms with E-state index in [1.54, 1.807) is 18.5 Å². The van der Waals surface area contributed by atoms with E-state index in [9.17, 15) is 4.79 Å². The first kappa shape index (κ1) is 11.2. The molecule has 0 aliphatic rings. The number of aromatic nitrogens is 1. The molecule has 0 saturated carbocycles. The van der Waals surface area contributed by atoms with Crippen LogP contribution in [0.2, 0.25) is 0 Å². The van der Waals surface area contributed by atoms with Crippen LogP contribution in [-0.4, -0.2) is 28.9 Å². The highest BCUT2D eigenvalue weighted by Crippen LogP contribution is 2.05. The van der Waals surface area contributed by atoms with Gasteiger partial charge >= 0.3 is 5.97 Å². The molecule has 0 radical (unpaired) electrons. The van der Waals surface area contributed by atoms with Crippen LogP contribution >= 0.6 is 0 Å². The Hall–Kier alpha value is -1.91. The minimum absolute atomic E-state index is 0.0249. The lowest BCUT2D eigenvalue weighted by molar-refractivity contribution is -0.136. The van der Waals surface area contributed by atoms with Crippen molar-refractivity contribution in [3.8, 4) is 0 Å². The summed E-state index contributed by atoms with van der Waals surface area (Å²) >= 11 is 0. The van der Waals surface area contributed by atoms with E-state index >= 15 is 0 Å². The SMILES string of the molecule is CO/N=C(\CCC(=O)O)c1cccnc1. The van der Waals surface area contributed by atoms with E-state index in [-0.39, 0.29) is 6.42 Å². The standard InChI is InChI=1S/C10H12N2O3/c1-15-12-9(4-5-10(13)14)8-3-2-6-11-7-8/h2-3,6-7H,4-5H2,1H3,(H,13,14)/b12-9+. The molecule has 1 heterocycles. The van der Waals surface area contributed by atoms with Gasteiger partial charge in [-0.15, -0.1) is 0 Å². The second-order valence-electron chi connectivity index (χ2n) is 2.86. The van der Waals surface area contributed by atoms with E-state index in [0.717, 1.165) is 5.56 Å². The average molecular weight is 208 g/mol. The Bertz CT molecular complexity index is 349. The molecule has 0 aliphatic heterocycles. The van der Waals surface area contributed by atoms with Crippen molar-refractivity contribution >= 4 is 11.7 Å². The van der Waals surface area contributed by atoms with Crippen molar-refractivity contribution in [2.45, 2.75) is 12.8 Å². The predicted octanol–water partition coefficient (Wildman–Crippen LogP) is 1.30. The van der Waals surface area contributed by atoms with Gasteiger partial charge in [-0.05, 0) is 12.1 Å². The summed E-state index contributed by atoms with van der Waals surface area (Å²) in [5, 5.41) is 12.3. The molecule has 1 rings (SSSR count). The molecule has 0 aliphatic carbocycles. The minimum Gasteiger partial charge on any atom is -0.481 e. The van der Waals surface area contributed by atoms with Crippen molar-refractivity contribution in [3.63, 3.8) is 0 Å². The summed E-state index contributed by atoms with van der Waals surface area (Å²) in [7, 11) is 1.43. The number of pyridine rings is 1. The van der Waals surface area contributed by atoms with Crippen LogP contribution in [0.25, 0.3) is 0 Å². The van der Waals surface area contributed by atoms with Crippen LogP contribution in [0.1, 0.15) is 18.4 Å². The van der Waals surface area contributed by atoms with Gasteiger partial charge in [-0.25, -0.2) is 0 Å². The number of carboxylic acids is 1. The van der Waals surface area contributed by atoms with Gasteiger partial charge in [-0.3, -0.25) is 9.78 Å². The number of oxime groups is 1. The fraction of sp³-hybridized carbons (Fsp3) is 0.300. The van der Waals surface area contributed by atoms with Gasteiger partial charge in [-0.2, -0.15) is 0 Å². The Morgan fingerprint density at radius 3 is 2.93 bits per heavy atom. The first-order valence-corrected chi connectivity index (χ1v) is 4.46. The van der Waals surface area contributed by atoms with Crippen molar-refractivity contribution in [2.24, 2.45) is 5.16 Å². The molecule has 1 aromatic heterocycles. The summed E-state index contributed by atoms with van der Waals surface area (Å²) in [6, 6.07) is 3.58. The molecule has 0 aromatic carbocycles. The Kier molecular flexibility index (Phi) is 4.28. The highest BCUT2D eigenvalue weighted by molar-refractivity contribution is 6.01. The lowest BCUT2D eigenvalue weighted by atomic mass is 10.1. The summed E-state index contributed by atoms with van der Waals surface area (Å²) in [5.41, 5.74) is 1.37. The van der Waals surface area contributed by atoms with Crippen molar-refractivity contribution in [1.29, 1.82) is 0 Å².